The highest BCUT2D eigenvalue weighted by molar-refractivity contribution is 5.84. The van der Waals surface area contributed by atoms with Crippen molar-refractivity contribution in [3.8, 4) is 89.8 Å². The third-order valence-corrected chi connectivity index (χ3v) is 11.4. The molecular formula is C54H39N3. The summed E-state index contributed by atoms with van der Waals surface area (Å²) in [7, 11) is 0. The van der Waals surface area contributed by atoms with E-state index in [9.17, 15) is 0 Å². The predicted molar refractivity (Wildman–Crippen MR) is 235 cm³/mol. The predicted octanol–water partition coefficient (Wildman–Crippen LogP) is 13.8. The first-order valence-electron chi connectivity index (χ1n) is 19.5. The van der Waals surface area contributed by atoms with E-state index in [-0.39, 0.29) is 5.41 Å². The number of hydrogen-bond acceptors (Lipinski definition) is 3. The van der Waals surface area contributed by atoms with Crippen molar-refractivity contribution in [1.82, 2.24) is 15.0 Å². The molecule has 3 heteroatoms. The van der Waals surface area contributed by atoms with E-state index in [1.54, 1.807) is 0 Å². The molecule has 0 atom stereocenters. The first-order chi connectivity index (χ1) is 28.0. The molecule has 270 valence electrons. The van der Waals surface area contributed by atoms with E-state index in [2.05, 4.69) is 202 Å². The fraction of sp³-hybridized carbons (Fsp3) is 0.0556. The highest BCUT2D eigenvalue weighted by Gasteiger charge is 2.35. The summed E-state index contributed by atoms with van der Waals surface area (Å²) in [4.78, 5) is 15.1. The number of aromatic nitrogens is 3. The molecule has 0 radical (unpaired) electrons. The molecule has 0 saturated carbocycles. The number of fused-ring (bicyclic) bond motifs is 3. The van der Waals surface area contributed by atoms with Crippen LogP contribution in [-0.2, 0) is 5.41 Å². The van der Waals surface area contributed by atoms with Crippen LogP contribution < -0.4 is 0 Å². The third-order valence-electron chi connectivity index (χ3n) is 11.4. The van der Waals surface area contributed by atoms with E-state index in [1.807, 2.05) is 12.1 Å². The molecule has 57 heavy (non-hydrogen) atoms. The number of hydrogen-bond donors (Lipinski definition) is 0. The van der Waals surface area contributed by atoms with E-state index in [1.165, 1.54) is 44.5 Å². The van der Waals surface area contributed by atoms with Gasteiger partial charge in [-0.3, -0.25) is 0 Å². The zero-order valence-electron chi connectivity index (χ0n) is 31.9. The van der Waals surface area contributed by atoms with Gasteiger partial charge in [-0.25, -0.2) is 15.0 Å². The van der Waals surface area contributed by atoms with Gasteiger partial charge in [0.05, 0.1) is 0 Å². The quantitative estimate of drug-likeness (QED) is 0.164. The summed E-state index contributed by atoms with van der Waals surface area (Å²) in [6, 6.07) is 70.9. The molecule has 10 rings (SSSR count). The van der Waals surface area contributed by atoms with Crippen molar-refractivity contribution < 1.29 is 0 Å². The molecule has 1 aliphatic rings. The van der Waals surface area contributed by atoms with Crippen LogP contribution in [-0.4, -0.2) is 15.0 Å². The lowest BCUT2D eigenvalue weighted by Crippen LogP contribution is -2.14. The summed E-state index contributed by atoms with van der Waals surface area (Å²) in [6.07, 6.45) is 0. The monoisotopic (exact) mass is 729 g/mol. The van der Waals surface area contributed by atoms with Gasteiger partial charge in [0, 0.05) is 22.1 Å². The van der Waals surface area contributed by atoms with Gasteiger partial charge in [-0.2, -0.15) is 0 Å². The van der Waals surface area contributed by atoms with Gasteiger partial charge in [0.25, 0.3) is 0 Å². The van der Waals surface area contributed by atoms with Crippen molar-refractivity contribution >= 4 is 0 Å². The SMILES string of the molecule is CC1(C)c2ccccc2-c2ccc(-c3ccc(-c4ccc(-c5nc(-c6ccc(-c7ccccc7)cc6)nc(-c6ccc(-c7ccccc7)cc6)n5)cc4)cc3)cc21. The Kier molecular flexibility index (Phi) is 8.49. The van der Waals surface area contributed by atoms with Crippen molar-refractivity contribution in [3.63, 3.8) is 0 Å². The van der Waals surface area contributed by atoms with Crippen LogP contribution in [0.15, 0.2) is 200 Å². The summed E-state index contributed by atoms with van der Waals surface area (Å²) >= 11 is 0. The smallest absolute Gasteiger partial charge is 0.164 e. The molecule has 1 heterocycles. The fourth-order valence-corrected chi connectivity index (χ4v) is 8.20. The lowest BCUT2D eigenvalue weighted by molar-refractivity contribution is 0.660. The zero-order chi connectivity index (χ0) is 38.3. The fourth-order valence-electron chi connectivity index (χ4n) is 8.20. The van der Waals surface area contributed by atoms with E-state index >= 15 is 0 Å². The number of rotatable bonds is 7. The minimum Gasteiger partial charge on any atom is -0.208 e. The maximum absolute atomic E-state index is 5.04. The number of nitrogens with zero attached hydrogens (tertiary/aromatic N) is 3. The first kappa shape index (κ1) is 34.3. The Hall–Kier alpha value is -7.23. The summed E-state index contributed by atoms with van der Waals surface area (Å²) in [6.45, 7) is 4.67. The largest absolute Gasteiger partial charge is 0.208 e. The molecule has 3 nitrogen and oxygen atoms in total. The van der Waals surface area contributed by atoms with Crippen molar-refractivity contribution in [1.29, 1.82) is 0 Å². The molecule has 0 spiro atoms. The molecule has 0 unspecified atom stereocenters. The van der Waals surface area contributed by atoms with E-state index in [0.717, 1.165) is 38.9 Å². The van der Waals surface area contributed by atoms with Gasteiger partial charge in [-0.15, -0.1) is 0 Å². The van der Waals surface area contributed by atoms with Gasteiger partial charge in [-0.1, -0.05) is 208 Å². The van der Waals surface area contributed by atoms with Gasteiger partial charge in [0.15, 0.2) is 17.5 Å². The Morgan fingerprint density at radius 1 is 0.263 bits per heavy atom. The summed E-state index contributed by atoms with van der Waals surface area (Å²) in [5.74, 6) is 1.92. The Morgan fingerprint density at radius 3 is 0.982 bits per heavy atom. The van der Waals surface area contributed by atoms with Crippen LogP contribution in [0.4, 0.5) is 0 Å². The van der Waals surface area contributed by atoms with Crippen LogP contribution in [0.2, 0.25) is 0 Å². The van der Waals surface area contributed by atoms with Gasteiger partial charge in [-0.05, 0) is 72.8 Å². The molecule has 0 fully saturated rings. The Labute approximate surface area is 334 Å². The first-order valence-corrected chi connectivity index (χ1v) is 19.5. The second kappa shape index (κ2) is 14.1. The lowest BCUT2D eigenvalue weighted by atomic mass is 9.81. The average Bonchev–Trinajstić information content (AvgIpc) is 3.52. The topological polar surface area (TPSA) is 38.7 Å². The second-order valence-corrected chi connectivity index (χ2v) is 15.3. The Morgan fingerprint density at radius 2 is 0.561 bits per heavy atom. The van der Waals surface area contributed by atoms with E-state index in [4.69, 9.17) is 15.0 Å². The molecule has 0 bridgehead atoms. The van der Waals surface area contributed by atoms with Gasteiger partial charge in [0.1, 0.15) is 0 Å². The van der Waals surface area contributed by atoms with Crippen LogP contribution in [0.5, 0.6) is 0 Å². The van der Waals surface area contributed by atoms with E-state index < -0.39 is 0 Å². The minimum atomic E-state index is -0.0241. The molecule has 0 amide bonds. The summed E-state index contributed by atoms with van der Waals surface area (Å²) in [5, 5.41) is 0. The molecule has 0 N–H and O–H groups in total. The van der Waals surface area contributed by atoms with Crippen LogP contribution >= 0.6 is 0 Å². The van der Waals surface area contributed by atoms with Crippen molar-refractivity contribution in [2.45, 2.75) is 19.3 Å². The van der Waals surface area contributed by atoms with Gasteiger partial charge < -0.3 is 0 Å². The highest BCUT2D eigenvalue weighted by Crippen LogP contribution is 2.49. The van der Waals surface area contributed by atoms with Crippen LogP contribution in [0, 0.1) is 0 Å². The summed E-state index contributed by atoms with van der Waals surface area (Å²) < 4.78 is 0. The second-order valence-electron chi connectivity index (χ2n) is 15.3. The van der Waals surface area contributed by atoms with Crippen molar-refractivity contribution in [2.75, 3.05) is 0 Å². The lowest BCUT2D eigenvalue weighted by Gasteiger charge is -2.22. The maximum Gasteiger partial charge on any atom is 0.164 e. The normalized spacial score (nSPS) is 12.5. The maximum atomic E-state index is 5.04. The molecular weight excluding hydrogens is 691 g/mol. The Bertz CT molecular complexity index is 2760. The number of benzene rings is 8. The highest BCUT2D eigenvalue weighted by atomic mass is 15.0. The standard InChI is InChI=1S/C54H39N3/c1-54(2)49-16-10-9-15-47(49)48-34-33-46(35-50(48)54)42-19-17-40(18-20-42)41-25-31-45(32-26-41)53-56-51(43-27-21-38(22-28-43)36-11-5-3-6-12-36)55-52(57-53)44-29-23-39(24-30-44)37-13-7-4-8-14-37/h3-35H,1-2H3. The van der Waals surface area contributed by atoms with Crippen LogP contribution in [0.25, 0.3) is 89.8 Å². The minimum absolute atomic E-state index is 0.0241. The van der Waals surface area contributed by atoms with Crippen LogP contribution in [0.3, 0.4) is 0 Å². The Balaban J connectivity index is 0.955. The van der Waals surface area contributed by atoms with E-state index in [0.29, 0.717) is 17.5 Å². The average molecular weight is 730 g/mol. The van der Waals surface area contributed by atoms with Crippen molar-refractivity contribution in [2.24, 2.45) is 0 Å². The van der Waals surface area contributed by atoms with Gasteiger partial charge >= 0.3 is 0 Å². The van der Waals surface area contributed by atoms with Gasteiger partial charge in [0.2, 0.25) is 0 Å². The third kappa shape index (κ3) is 6.43. The molecule has 0 aliphatic heterocycles. The molecule has 9 aromatic rings. The summed E-state index contributed by atoms with van der Waals surface area (Å²) in [5.41, 5.74) is 17.7. The van der Waals surface area contributed by atoms with Crippen LogP contribution in [0.1, 0.15) is 25.0 Å². The molecule has 1 aliphatic carbocycles. The molecule has 0 saturated heterocycles. The zero-order valence-corrected chi connectivity index (χ0v) is 31.9. The molecule has 1 aromatic heterocycles. The molecule has 8 aromatic carbocycles. The van der Waals surface area contributed by atoms with Crippen molar-refractivity contribution in [3.05, 3.63) is 211 Å².